The minimum absolute atomic E-state index is 0.0798. The van der Waals surface area contributed by atoms with E-state index in [-0.39, 0.29) is 6.04 Å². The van der Waals surface area contributed by atoms with Gasteiger partial charge in [0.2, 0.25) is 0 Å². The number of nitrogens with zero attached hydrogens (tertiary/aromatic N) is 5. The van der Waals surface area contributed by atoms with Crippen LogP contribution in [-0.4, -0.2) is 31.3 Å². The van der Waals surface area contributed by atoms with Gasteiger partial charge in [-0.05, 0) is 26.0 Å². The Hall–Kier alpha value is -1.69. The van der Waals surface area contributed by atoms with Gasteiger partial charge in [-0.25, -0.2) is 0 Å². The molecule has 6 nitrogen and oxygen atoms in total. The Labute approximate surface area is 107 Å². The minimum atomic E-state index is 0.0798. The largest absolute Gasteiger partial charge is 0.304 e. The maximum atomic E-state index is 4.41. The Balaban J connectivity index is 2.37. The van der Waals surface area contributed by atoms with E-state index in [9.17, 15) is 0 Å². The second-order valence-electron chi connectivity index (χ2n) is 4.50. The standard InChI is InChI=1S/C12H20N6/c1-5-6-13-12(11-8-14-16-18(11)4)10-7-9(2)15-17(10)3/h7-8,12-13H,5-6H2,1-4H3. The lowest BCUT2D eigenvalue weighted by Gasteiger charge is -2.18. The molecule has 0 spiro atoms. The fraction of sp³-hybridized carbons (Fsp3) is 0.583. The normalized spacial score (nSPS) is 12.9. The summed E-state index contributed by atoms with van der Waals surface area (Å²) in [7, 11) is 3.87. The summed E-state index contributed by atoms with van der Waals surface area (Å²) in [5, 5.41) is 15.9. The molecule has 6 heteroatoms. The summed E-state index contributed by atoms with van der Waals surface area (Å²) in [6, 6.07) is 2.18. The molecule has 1 N–H and O–H groups in total. The molecule has 0 aliphatic carbocycles. The van der Waals surface area contributed by atoms with Crippen LogP contribution in [0, 0.1) is 6.92 Å². The molecule has 0 bridgehead atoms. The van der Waals surface area contributed by atoms with Crippen molar-refractivity contribution in [1.82, 2.24) is 30.1 Å². The van der Waals surface area contributed by atoms with Gasteiger partial charge in [-0.2, -0.15) is 5.10 Å². The predicted octanol–water partition coefficient (Wildman–Crippen LogP) is 0.946. The van der Waals surface area contributed by atoms with Crippen molar-refractivity contribution in [2.75, 3.05) is 6.54 Å². The molecule has 0 saturated heterocycles. The highest BCUT2D eigenvalue weighted by atomic mass is 15.4. The molecular weight excluding hydrogens is 228 g/mol. The summed E-state index contributed by atoms with van der Waals surface area (Å²) in [5.41, 5.74) is 3.20. The number of aromatic nitrogens is 5. The molecule has 2 heterocycles. The molecular formula is C12H20N6. The molecule has 18 heavy (non-hydrogen) atoms. The van der Waals surface area contributed by atoms with Crippen molar-refractivity contribution in [3.8, 4) is 0 Å². The Morgan fingerprint density at radius 3 is 2.56 bits per heavy atom. The summed E-state index contributed by atoms with van der Waals surface area (Å²) >= 11 is 0. The molecule has 1 atom stereocenters. The summed E-state index contributed by atoms with van der Waals surface area (Å²) < 4.78 is 3.71. The molecule has 0 fully saturated rings. The maximum absolute atomic E-state index is 4.41. The van der Waals surface area contributed by atoms with Crippen LogP contribution in [0.15, 0.2) is 12.3 Å². The Kier molecular flexibility index (Phi) is 3.76. The topological polar surface area (TPSA) is 60.6 Å². The van der Waals surface area contributed by atoms with Crippen LogP contribution < -0.4 is 5.32 Å². The van der Waals surface area contributed by atoms with E-state index in [1.54, 1.807) is 10.9 Å². The van der Waals surface area contributed by atoms with Gasteiger partial charge in [0.05, 0.1) is 29.3 Å². The number of aryl methyl sites for hydroxylation is 3. The van der Waals surface area contributed by atoms with Crippen molar-refractivity contribution in [3.05, 3.63) is 29.3 Å². The highest BCUT2D eigenvalue weighted by Gasteiger charge is 2.20. The minimum Gasteiger partial charge on any atom is -0.304 e. The van der Waals surface area contributed by atoms with Gasteiger partial charge in [-0.3, -0.25) is 9.36 Å². The van der Waals surface area contributed by atoms with Crippen molar-refractivity contribution >= 4 is 0 Å². The fourth-order valence-electron chi connectivity index (χ4n) is 2.11. The van der Waals surface area contributed by atoms with Crippen LogP contribution in [0.25, 0.3) is 0 Å². The van der Waals surface area contributed by atoms with Crippen molar-refractivity contribution in [2.45, 2.75) is 26.3 Å². The van der Waals surface area contributed by atoms with Crippen LogP contribution in [-0.2, 0) is 14.1 Å². The van der Waals surface area contributed by atoms with Crippen molar-refractivity contribution in [2.24, 2.45) is 14.1 Å². The van der Waals surface area contributed by atoms with E-state index < -0.39 is 0 Å². The monoisotopic (exact) mass is 248 g/mol. The van der Waals surface area contributed by atoms with Gasteiger partial charge < -0.3 is 5.32 Å². The molecule has 0 aliphatic rings. The first kappa shape index (κ1) is 12.8. The first-order chi connectivity index (χ1) is 8.63. The third-order valence-corrected chi connectivity index (χ3v) is 2.98. The lowest BCUT2D eigenvalue weighted by atomic mass is 10.1. The van der Waals surface area contributed by atoms with Gasteiger partial charge in [-0.1, -0.05) is 12.1 Å². The van der Waals surface area contributed by atoms with Crippen LogP contribution in [0.3, 0.4) is 0 Å². The molecule has 98 valence electrons. The lowest BCUT2D eigenvalue weighted by Crippen LogP contribution is -2.27. The van der Waals surface area contributed by atoms with E-state index in [1.165, 1.54) is 0 Å². The fourth-order valence-corrected chi connectivity index (χ4v) is 2.11. The van der Waals surface area contributed by atoms with Gasteiger partial charge in [-0.15, -0.1) is 5.10 Å². The Bertz CT molecular complexity index is 512. The first-order valence-electron chi connectivity index (χ1n) is 6.22. The molecule has 1 unspecified atom stereocenters. The van der Waals surface area contributed by atoms with Crippen molar-refractivity contribution < 1.29 is 0 Å². The molecule has 0 saturated carbocycles. The highest BCUT2D eigenvalue weighted by Crippen LogP contribution is 2.21. The number of rotatable bonds is 5. The third-order valence-electron chi connectivity index (χ3n) is 2.98. The number of hydrogen-bond acceptors (Lipinski definition) is 4. The maximum Gasteiger partial charge on any atom is 0.0935 e. The zero-order valence-electron chi connectivity index (χ0n) is 11.4. The quantitative estimate of drug-likeness (QED) is 0.855. The molecule has 2 rings (SSSR count). The smallest absolute Gasteiger partial charge is 0.0935 e. The first-order valence-corrected chi connectivity index (χ1v) is 6.22. The molecule has 0 aliphatic heterocycles. The van der Waals surface area contributed by atoms with E-state index >= 15 is 0 Å². The van der Waals surface area contributed by atoms with Gasteiger partial charge >= 0.3 is 0 Å². The molecule has 0 radical (unpaired) electrons. The Morgan fingerprint density at radius 1 is 1.28 bits per heavy atom. The average Bonchev–Trinajstić information content (AvgIpc) is 2.87. The van der Waals surface area contributed by atoms with E-state index in [2.05, 4.69) is 33.7 Å². The van der Waals surface area contributed by atoms with Crippen molar-refractivity contribution in [3.63, 3.8) is 0 Å². The van der Waals surface area contributed by atoms with Gasteiger partial charge in [0, 0.05) is 14.1 Å². The molecule has 0 amide bonds. The van der Waals surface area contributed by atoms with Crippen LogP contribution in [0.5, 0.6) is 0 Å². The SMILES string of the molecule is CCCNC(c1cnnn1C)c1cc(C)nn1C. The van der Waals surface area contributed by atoms with Crippen LogP contribution >= 0.6 is 0 Å². The molecule has 2 aromatic heterocycles. The van der Waals surface area contributed by atoms with E-state index in [0.717, 1.165) is 30.0 Å². The predicted molar refractivity (Wildman–Crippen MR) is 69.1 cm³/mol. The molecule has 0 aromatic carbocycles. The van der Waals surface area contributed by atoms with Gasteiger partial charge in [0.25, 0.3) is 0 Å². The summed E-state index contributed by atoms with van der Waals surface area (Å²) in [5.74, 6) is 0. The number of hydrogen-bond donors (Lipinski definition) is 1. The number of nitrogens with one attached hydrogen (secondary N) is 1. The lowest BCUT2D eigenvalue weighted by molar-refractivity contribution is 0.518. The van der Waals surface area contributed by atoms with Crippen LogP contribution in [0.1, 0.15) is 36.5 Å². The van der Waals surface area contributed by atoms with Crippen LogP contribution in [0.2, 0.25) is 0 Å². The van der Waals surface area contributed by atoms with E-state index in [1.807, 2.05) is 25.7 Å². The molecule has 2 aromatic rings. The van der Waals surface area contributed by atoms with E-state index in [0.29, 0.717) is 0 Å². The zero-order chi connectivity index (χ0) is 13.1. The summed E-state index contributed by atoms with van der Waals surface area (Å²) in [6.45, 7) is 5.10. The summed E-state index contributed by atoms with van der Waals surface area (Å²) in [4.78, 5) is 0. The highest BCUT2D eigenvalue weighted by molar-refractivity contribution is 5.22. The average molecular weight is 248 g/mol. The summed E-state index contributed by atoms with van der Waals surface area (Å²) in [6.07, 6.45) is 2.88. The third kappa shape index (κ3) is 2.43. The van der Waals surface area contributed by atoms with Gasteiger partial charge in [0.1, 0.15) is 0 Å². The second-order valence-corrected chi connectivity index (χ2v) is 4.50. The zero-order valence-corrected chi connectivity index (χ0v) is 11.4. The van der Waals surface area contributed by atoms with E-state index in [4.69, 9.17) is 0 Å². The Morgan fingerprint density at radius 2 is 2.06 bits per heavy atom. The van der Waals surface area contributed by atoms with Crippen LogP contribution in [0.4, 0.5) is 0 Å². The van der Waals surface area contributed by atoms with Crippen molar-refractivity contribution in [1.29, 1.82) is 0 Å². The second kappa shape index (κ2) is 5.30. The van der Waals surface area contributed by atoms with Gasteiger partial charge in [0.15, 0.2) is 0 Å².